The monoisotopic (exact) mass is 424 g/mol. The molecule has 2 aromatic rings. The number of amides is 2. The van der Waals surface area contributed by atoms with E-state index in [9.17, 15) is 14.9 Å². The summed E-state index contributed by atoms with van der Waals surface area (Å²) < 4.78 is 0. The average Bonchev–Trinajstić information content (AvgIpc) is 2.84. The number of hydrogen-bond donors (Lipinski definition) is 2. The van der Waals surface area contributed by atoms with Gasteiger partial charge in [0.1, 0.15) is 11.1 Å². The van der Waals surface area contributed by atoms with Gasteiger partial charge in [0.2, 0.25) is 11.8 Å². The molecule has 0 radical (unpaired) electrons. The van der Waals surface area contributed by atoms with Gasteiger partial charge in [-0.05, 0) is 38.6 Å². The number of hydrogen-bond acceptors (Lipinski definition) is 5. The van der Waals surface area contributed by atoms with E-state index in [0.717, 1.165) is 10.4 Å². The number of carbonyl (C=O) groups excluding carboxylic acids is 2. The van der Waals surface area contributed by atoms with E-state index >= 15 is 0 Å². The molecule has 142 valence electrons. The molecule has 2 N–H and O–H groups in total. The van der Waals surface area contributed by atoms with Crippen LogP contribution in [0.4, 0.5) is 10.7 Å². The predicted octanol–water partition coefficient (Wildman–Crippen LogP) is 4.05. The van der Waals surface area contributed by atoms with E-state index in [0.29, 0.717) is 26.3 Å². The van der Waals surface area contributed by atoms with Crippen LogP contribution in [0.5, 0.6) is 0 Å². The molecule has 2 rings (SSSR count). The van der Waals surface area contributed by atoms with Crippen molar-refractivity contribution in [2.45, 2.75) is 13.8 Å². The third-order valence-electron chi connectivity index (χ3n) is 3.80. The zero-order valence-corrected chi connectivity index (χ0v) is 17.3. The lowest BCUT2D eigenvalue weighted by atomic mass is 10.2. The molecule has 0 aliphatic heterocycles. The topological polar surface area (TPSA) is 85.2 Å². The number of rotatable bonds is 6. The summed E-state index contributed by atoms with van der Waals surface area (Å²) in [7, 11) is 1.64. The molecule has 0 bridgehead atoms. The van der Waals surface area contributed by atoms with Crippen LogP contribution in [0, 0.1) is 25.2 Å². The highest BCUT2D eigenvalue weighted by Gasteiger charge is 2.17. The lowest BCUT2D eigenvalue weighted by molar-refractivity contribution is -0.119. The maximum absolute atomic E-state index is 12.2. The number of nitrogens with zero attached hydrogens (tertiary/aromatic N) is 2. The Bertz CT molecular complexity index is 901. The number of thiophene rings is 1. The fourth-order valence-electron chi connectivity index (χ4n) is 2.36. The second-order valence-corrected chi connectivity index (χ2v) is 8.00. The van der Waals surface area contributed by atoms with E-state index in [4.69, 9.17) is 23.2 Å². The van der Waals surface area contributed by atoms with Gasteiger partial charge in [0.15, 0.2) is 0 Å². The van der Waals surface area contributed by atoms with Gasteiger partial charge in [0.05, 0.1) is 34.4 Å². The van der Waals surface area contributed by atoms with E-state index < -0.39 is 0 Å². The van der Waals surface area contributed by atoms with E-state index in [1.165, 1.54) is 11.3 Å². The summed E-state index contributed by atoms with van der Waals surface area (Å²) in [6.07, 6.45) is 0. The molecule has 0 saturated heterocycles. The first-order chi connectivity index (χ1) is 12.7. The fourth-order valence-corrected chi connectivity index (χ4v) is 3.88. The van der Waals surface area contributed by atoms with E-state index in [1.54, 1.807) is 30.1 Å². The van der Waals surface area contributed by atoms with Gasteiger partial charge in [-0.15, -0.1) is 11.3 Å². The van der Waals surface area contributed by atoms with Crippen LogP contribution in [-0.2, 0) is 9.59 Å². The molecule has 0 unspecified atom stereocenters. The van der Waals surface area contributed by atoms with Gasteiger partial charge in [0.25, 0.3) is 0 Å². The number of nitriles is 1. The maximum atomic E-state index is 12.2. The molecule has 0 aliphatic carbocycles. The Kier molecular flexibility index (Phi) is 7.22. The Labute approximate surface area is 171 Å². The Hall–Kier alpha value is -2.11. The lowest BCUT2D eigenvalue weighted by Crippen LogP contribution is -2.36. The van der Waals surface area contributed by atoms with E-state index in [-0.39, 0.29) is 24.9 Å². The first-order valence-electron chi connectivity index (χ1n) is 7.95. The summed E-state index contributed by atoms with van der Waals surface area (Å²) in [4.78, 5) is 26.9. The summed E-state index contributed by atoms with van der Waals surface area (Å²) in [6, 6.07) is 7.03. The molecule has 0 saturated carbocycles. The normalized spacial score (nSPS) is 10.6. The highest BCUT2D eigenvalue weighted by molar-refractivity contribution is 7.16. The van der Waals surface area contributed by atoms with Crippen molar-refractivity contribution in [2.24, 2.45) is 0 Å². The van der Waals surface area contributed by atoms with Crippen molar-refractivity contribution in [2.75, 3.05) is 30.8 Å². The summed E-state index contributed by atoms with van der Waals surface area (Å²) in [5.41, 5.74) is 1.67. The lowest BCUT2D eigenvalue weighted by Gasteiger charge is -2.16. The van der Waals surface area contributed by atoms with Crippen LogP contribution >= 0.6 is 34.5 Å². The number of aryl methyl sites for hydroxylation is 1. The maximum Gasteiger partial charge on any atom is 0.239 e. The van der Waals surface area contributed by atoms with E-state index in [2.05, 4.69) is 16.7 Å². The smallest absolute Gasteiger partial charge is 0.239 e. The number of benzene rings is 1. The summed E-state index contributed by atoms with van der Waals surface area (Å²) in [5, 5.41) is 15.8. The van der Waals surface area contributed by atoms with Gasteiger partial charge in [-0.25, -0.2) is 0 Å². The van der Waals surface area contributed by atoms with Crippen LogP contribution in [0.2, 0.25) is 10.0 Å². The number of halogens is 2. The van der Waals surface area contributed by atoms with Crippen molar-refractivity contribution in [3.8, 4) is 6.07 Å². The van der Waals surface area contributed by atoms with Crippen LogP contribution in [-0.4, -0.2) is 36.9 Å². The molecular weight excluding hydrogens is 407 g/mol. The minimum Gasteiger partial charge on any atom is -0.322 e. The Morgan fingerprint density at radius 2 is 1.70 bits per heavy atom. The minimum atomic E-state index is -0.346. The van der Waals surface area contributed by atoms with Crippen molar-refractivity contribution >= 4 is 57.0 Å². The zero-order chi connectivity index (χ0) is 20.1. The number of carbonyl (C=O) groups is 2. The molecule has 0 spiro atoms. The van der Waals surface area contributed by atoms with Crippen molar-refractivity contribution in [1.82, 2.24) is 4.90 Å². The quantitative estimate of drug-likeness (QED) is 0.731. The van der Waals surface area contributed by atoms with Crippen molar-refractivity contribution in [3.63, 3.8) is 0 Å². The highest BCUT2D eigenvalue weighted by Crippen LogP contribution is 2.31. The van der Waals surface area contributed by atoms with Crippen molar-refractivity contribution in [3.05, 3.63) is 44.2 Å². The Balaban J connectivity index is 1.92. The molecule has 9 heteroatoms. The number of nitrogens with one attached hydrogen (secondary N) is 2. The molecule has 0 fully saturated rings. The van der Waals surface area contributed by atoms with Crippen molar-refractivity contribution < 1.29 is 9.59 Å². The van der Waals surface area contributed by atoms with Gasteiger partial charge in [0, 0.05) is 4.88 Å². The molecule has 27 heavy (non-hydrogen) atoms. The average molecular weight is 425 g/mol. The predicted molar refractivity (Wildman–Crippen MR) is 110 cm³/mol. The second kappa shape index (κ2) is 9.20. The molecule has 1 aromatic carbocycles. The largest absolute Gasteiger partial charge is 0.322 e. The molecule has 0 atom stereocenters. The first-order valence-corrected chi connectivity index (χ1v) is 9.52. The number of likely N-dealkylation sites (N-methyl/N-ethyl adjacent to an activating group) is 1. The summed E-state index contributed by atoms with van der Waals surface area (Å²) in [5.74, 6) is -0.653. The minimum absolute atomic E-state index is 0.00939. The second-order valence-electron chi connectivity index (χ2n) is 5.96. The van der Waals surface area contributed by atoms with Crippen LogP contribution < -0.4 is 10.6 Å². The molecule has 0 aliphatic rings. The highest BCUT2D eigenvalue weighted by atomic mass is 35.5. The first kappa shape index (κ1) is 21.2. The number of anilines is 2. The zero-order valence-electron chi connectivity index (χ0n) is 15.0. The third kappa shape index (κ3) is 5.44. The Morgan fingerprint density at radius 1 is 1.15 bits per heavy atom. The van der Waals surface area contributed by atoms with Crippen LogP contribution in [0.1, 0.15) is 16.0 Å². The molecule has 6 nitrogen and oxygen atoms in total. The fraction of sp³-hybridized carbons (Fsp3) is 0.278. The standard InChI is InChI=1S/C18H18Cl2N4O2S/c1-10-11(2)27-18(12(10)7-21)23-16(26)9-24(3)8-15(25)22-17-13(19)5-4-6-14(17)20/h4-6H,8-9H2,1-3H3,(H,22,25)(H,23,26). The van der Waals surface area contributed by atoms with Crippen molar-refractivity contribution in [1.29, 1.82) is 5.26 Å². The van der Waals surface area contributed by atoms with Gasteiger partial charge in [-0.1, -0.05) is 29.3 Å². The Morgan fingerprint density at radius 3 is 2.26 bits per heavy atom. The molecular formula is C18H18Cl2N4O2S. The molecule has 2 amide bonds. The van der Waals surface area contributed by atoms with Gasteiger partial charge in [-0.3, -0.25) is 14.5 Å². The SMILES string of the molecule is Cc1sc(NC(=O)CN(C)CC(=O)Nc2c(Cl)cccc2Cl)c(C#N)c1C. The van der Waals surface area contributed by atoms with Gasteiger partial charge in [-0.2, -0.15) is 5.26 Å². The summed E-state index contributed by atoms with van der Waals surface area (Å²) >= 11 is 13.4. The molecule has 1 aromatic heterocycles. The van der Waals surface area contributed by atoms with Gasteiger partial charge >= 0.3 is 0 Å². The van der Waals surface area contributed by atoms with Crippen LogP contribution in [0.15, 0.2) is 18.2 Å². The van der Waals surface area contributed by atoms with Crippen LogP contribution in [0.25, 0.3) is 0 Å². The van der Waals surface area contributed by atoms with Crippen LogP contribution in [0.3, 0.4) is 0 Å². The van der Waals surface area contributed by atoms with Gasteiger partial charge < -0.3 is 10.6 Å². The molecule has 1 heterocycles. The third-order valence-corrected chi connectivity index (χ3v) is 5.56. The number of para-hydroxylation sites is 1. The summed E-state index contributed by atoms with van der Waals surface area (Å²) in [6.45, 7) is 3.70. The van der Waals surface area contributed by atoms with E-state index in [1.807, 2.05) is 13.8 Å².